The van der Waals surface area contributed by atoms with E-state index >= 15 is 0 Å². The fraction of sp³-hybridized carbons (Fsp3) is 0.211. The van der Waals surface area contributed by atoms with Crippen molar-refractivity contribution in [2.45, 2.75) is 19.9 Å². The van der Waals surface area contributed by atoms with Gasteiger partial charge in [-0.15, -0.1) is 0 Å². The number of hydrogen-bond donors (Lipinski definition) is 1. The Morgan fingerprint density at radius 3 is 2.56 bits per heavy atom. The monoisotopic (exact) mass is 356 g/mol. The zero-order chi connectivity index (χ0) is 17.6. The summed E-state index contributed by atoms with van der Waals surface area (Å²) in [6.07, 6.45) is 0.322. The highest BCUT2D eigenvalue weighted by Gasteiger charge is 2.22. The number of fused-ring (bicyclic) bond motifs is 5. The predicted octanol–water partition coefficient (Wildman–Crippen LogP) is 3.61. The van der Waals surface area contributed by atoms with Crippen LogP contribution in [-0.2, 0) is 16.7 Å². The van der Waals surface area contributed by atoms with Crippen LogP contribution in [0.5, 0.6) is 0 Å². The van der Waals surface area contributed by atoms with Crippen molar-refractivity contribution in [3.05, 3.63) is 54.4 Å². The number of nitrogens with zero attached hydrogens (tertiary/aromatic N) is 1. The molecule has 0 atom stereocenters. The van der Waals surface area contributed by atoms with E-state index in [1.54, 1.807) is 0 Å². The summed E-state index contributed by atoms with van der Waals surface area (Å²) < 4.78 is 38.8. The van der Waals surface area contributed by atoms with Crippen molar-refractivity contribution in [3.8, 4) is 0 Å². The second kappa shape index (κ2) is 5.82. The topological polar surface area (TPSA) is 71.4 Å². The zero-order valence-corrected chi connectivity index (χ0v) is 14.6. The molecule has 4 rings (SSSR count). The Balaban J connectivity index is 1.92. The minimum atomic E-state index is -3.96. The van der Waals surface area contributed by atoms with Gasteiger partial charge in [0, 0.05) is 6.42 Å². The Morgan fingerprint density at radius 1 is 1.00 bits per heavy atom. The van der Waals surface area contributed by atoms with Crippen LogP contribution >= 0.6 is 0 Å². The maximum absolute atomic E-state index is 11.0. The van der Waals surface area contributed by atoms with Crippen LogP contribution in [0, 0.1) is 6.92 Å². The van der Waals surface area contributed by atoms with Gasteiger partial charge >= 0.3 is 5.89 Å². The van der Waals surface area contributed by atoms with Crippen LogP contribution in [0.1, 0.15) is 12.3 Å². The van der Waals surface area contributed by atoms with Gasteiger partial charge in [0.2, 0.25) is 5.58 Å². The van der Waals surface area contributed by atoms with E-state index < -0.39 is 10.1 Å². The molecule has 0 amide bonds. The SMILES string of the molecule is Cc1oc2ccc3c4ccccc4ccc3c2[n+]1CCCS(=O)(=O)O. The van der Waals surface area contributed by atoms with Crippen molar-refractivity contribution in [2.24, 2.45) is 0 Å². The van der Waals surface area contributed by atoms with E-state index in [1.807, 2.05) is 29.7 Å². The summed E-state index contributed by atoms with van der Waals surface area (Å²) in [5, 5.41) is 4.55. The number of rotatable bonds is 4. The third-order valence-corrected chi connectivity index (χ3v) is 5.36. The van der Waals surface area contributed by atoms with Crippen molar-refractivity contribution in [3.63, 3.8) is 0 Å². The highest BCUT2D eigenvalue weighted by Crippen LogP contribution is 2.30. The molecule has 6 heteroatoms. The third kappa shape index (κ3) is 2.88. The molecule has 0 fully saturated rings. The highest BCUT2D eigenvalue weighted by atomic mass is 32.2. The van der Waals surface area contributed by atoms with E-state index in [0.717, 1.165) is 21.9 Å². The highest BCUT2D eigenvalue weighted by molar-refractivity contribution is 7.85. The molecule has 0 unspecified atom stereocenters. The van der Waals surface area contributed by atoms with Crippen molar-refractivity contribution in [2.75, 3.05) is 5.75 Å². The summed E-state index contributed by atoms with van der Waals surface area (Å²) in [7, 11) is -3.96. The third-order valence-electron chi connectivity index (χ3n) is 4.55. The number of aryl methyl sites for hydroxylation is 2. The number of oxazole rings is 1. The van der Waals surface area contributed by atoms with Gasteiger partial charge in [0.05, 0.1) is 18.1 Å². The van der Waals surface area contributed by atoms with E-state index in [4.69, 9.17) is 8.97 Å². The first-order valence-corrected chi connectivity index (χ1v) is 9.73. The van der Waals surface area contributed by atoms with Crippen molar-refractivity contribution >= 4 is 42.8 Å². The van der Waals surface area contributed by atoms with Crippen LogP contribution in [0.2, 0.25) is 0 Å². The van der Waals surface area contributed by atoms with E-state index in [-0.39, 0.29) is 5.75 Å². The van der Waals surface area contributed by atoms with E-state index in [1.165, 1.54) is 10.8 Å². The molecule has 3 aromatic carbocycles. The molecule has 1 N–H and O–H groups in total. The molecule has 4 aromatic rings. The maximum atomic E-state index is 11.0. The molecule has 0 saturated heterocycles. The number of hydrogen-bond acceptors (Lipinski definition) is 3. The van der Waals surface area contributed by atoms with Gasteiger partial charge in [0.1, 0.15) is 0 Å². The molecule has 0 saturated carbocycles. The second-order valence-electron chi connectivity index (χ2n) is 6.21. The van der Waals surface area contributed by atoms with Gasteiger partial charge in [-0.1, -0.05) is 30.3 Å². The standard InChI is InChI=1S/C19H17NO4S/c1-13-20(11-4-12-25(21,22)23)19-17-8-7-14-5-2-3-6-15(14)16(17)9-10-18(19)24-13/h2-3,5-10H,4,11-12H2,1H3/p+1. The second-order valence-corrected chi connectivity index (χ2v) is 7.78. The lowest BCUT2D eigenvalue weighted by atomic mass is 10.0. The fourth-order valence-electron chi connectivity index (χ4n) is 3.46. The van der Waals surface area contributed by atoms with Gasteiger partial charge in [-0.05, 0) is 34.4 Å². The lowest BCUT2D eigenvalue weighted by molar-refractivity contribution is -0.681. The molecular formula is C19H18NO4S+. The maximum Gasteiger partial charge on any atom is 0.344 e. The van der Waals surface area contributed by atoms with E-state index in [9.17, 15) is 8.42 Å². The average Bonchev–Trinajstić information content (AvgIpc) is 2.89. The van der Waals surface area contributed by atoms with E-state index in [2.05, 4.69) is 30.3 Å². The lowest BCUT2D eigenvalue weighted by Crippen LogP contribution is -2.36. The van der Waals surface area contributed by atoms with Crippen LogP contribution in [0.25, 0.3) is 32.6 Å². The predicted molar refractivity (Wildman–Crippen MR) is 97.2 cm³/mol. The van der Waals surface area contributed by atoms with Gasteiger partial charge in [-0.3, -0.25) is 4.55 Å². The molecule has 25 heavy (non-hydrogen) atoms. The Kier molecular flexibility index (Phi) is 3.74. The van der Waals surface area contributed by atoms with E-state index in [0.29, 0.717) is 18.9 Å². The summed E-state index contributed by atoms with van der Waals surface area (Å²) >= 11 is 0. The van der Waals surface area contributed by atoms with Crippen molar-refractivity contribution < 1.29 is 22.0 Å². The Hall–Kier alpha value is -2.44. The summed E-state index contributed by atoms with van der Waals surface area (Å²) in [5.41, 5.74) is 1.73. The quantitative estimate of drug-likeness (QED) is 0.344. The molecule has 0 aliphatic carbocycles. The first kappa shape index (κ1) is 16.1. The van der Waals surface area contributed by atoms with Crippen molar-refractivity contribution in [1.82, 2.24) is 0 Å². The minimum absolute atomic E-state index is 0.264. The van der Waals surface area contributed by atoms with Gasteiger partial charge < -0.3 is 4.42 Å². The van der Waals surface area contributed by atoms with Crippen LogP contribution in [0.3, 0.4) is 0 Å². The molecule has 1 aromatic heterocycles. The Bertz CT molecular complexity index is 1210. The number of benzene rings is 3. The minimum Gasteiger partial charge on any atom is -0.402 e. The van der Waals surface area contributed by atoms with Gasteiger partial charge in [-0.25, -0.2) is 0 Å². The van der Waals surface area contributed by atoms with Gasteiger partial charge in [0.15, 0.2) is 6.54 Å². The molecule has 5 nitrogen and oxygen atoms in total. The van der Waals surface area contributed by atoms with Gasteiger partial charge in [0.25, 0.3) is 15.6 Å². The molecule has 0 radical (unpaired) electrons. The Labute approximate surface area is 145 Å². The zero-order valence-electron chi connectivity index (χ0n) is 13.8. The van der Waals surface area contributed by atoms with Gasteiger partial charge in [-0.2, -0.15) is 13.0 Å². The molecule has 0 spiro atoms. The first-order valence-electron chi connectivity index (χ1n) is 8.12. The molecule has 0 aliphatic rings. The first-order chi connectivity index (χ1) is 11.9. The summed E-state index contributed by atoms with van der Waals surface area (Å²) in [5.74, 6) is 0.450. The molecular weight excluding hydrogens is 338 g/mol. The normalized spacial score (nSPS) is 12.4. The van der Waals surface area contributed by atoms with Crippen LogP contribution < -0.4 is 4.57 Å². The number of aromatic nitrogens is 1. The van der Waals surface area contributed by atoms with Crippen LogP contribution in [0.4, 0.5) is 0 Å². The average molecular weight is 356 g/mol. The summed E-state index contributed by atoms with van der Waals surface area (Å²) in [6, 6.07) is 16.4. The molecule has 1 heterocycles. The lowest BCUT2D eigenvalue weighted by Gasteiger charge is -2.03. The van der Waals surface area contributed by atoms with Crippen LogP contribution in [0.15, 0.2) is 52.9 Å². The summed E-state index contributed by atoms with van der Waals surface area (Å²) in [4.78, 5) is 0. The molecule has 0 bridgehead atoms. The fourth-order valence-corrected chi connectivity index (χ4v) is 3.95. The van der Waals surface area contributed by atoms with Crippen molar-refractivity contribution in [1.29, 1.82) is 0 Å². The largest absolute Gasteiger partial charge is 0.402 e. The molecule has 0 aliphatic heterocycles. The van der Waals surface area contributed by atoms with Crippen LogP contribution in [-0.4, -0.2) is 18.7 Å². The Morgan fingerprint density at radius 2 is 1.76 bits per heavy atom. The smallest absolute Gasteiger partial charge is 0.344 e. The molecule has 128 valence electrons. The summed E-state index contributed by atoms with van der Waals surface area (Å²) in [6.45, 7) is 2.32.